The summed E-state index contributed by atoms with van der Waals surface area (Å²) < 4.78 is 18.2. The smallest absolute Gasteiger partial charge is 0.351 e. The van der Waals surface area contributed by atoms with E-state index in [4.69, 9.17) is 4.74 Å². The zero-order valence-corrected chi connectivity index (χ0v) is 16.8. The molecule has 0 aliphatic carbocycles. The number of anilines is 1. The summed E-state index contributed by atoms with van der Waals surface area (Å²) in [5, 5.41) is 9.29. The highest BCUT2D eigenvalue weighted by molar-refractivity contribution is 8.05. The van der Waals surface area contributed by atoms with E-state index in [-0.39, 0.29) is 28.9 Å². The van der Waals surface area contributed by atoms with E-state index in [1.54, 1.807) is 31.2 Å². The fourth-order valence-electron chi connectivity index (χ4n) is 2.94. The van der Waals surface area contributed by atoms with E-state index in [2.05, 4.69) is 0 Å². The molecule has 29 heavy (non-hydrogen) atoms. The number of ether oxygens (including phenoxy) is 1. The predicted octanol–water partition coefficient (Wildman–Crippen LogP) is 4.12. The summed E-state index contributed by atoms with van der Waals surface area (Å²) in [7, 11) is 0. The van der Waals surface area contributed by atoms with Crippen LogP contribution in [0.4, 0.5) is 10.1 Å². The van der Waals surface area contributed by atoms with Crippen molar-refractivity contribution in [3.05, 3.63) is 76.1 Å². The van der Waals surface area contributed by atoms with Crippen molar-refractivity contribution in [3.63, 3.8) is 0 Å². The molecule has 1 saturated heterocycles. The minimum atomic E-state index is -0.759. The topological polar surface area (TPSA) is 70.4 Å². The molecule has 7 heteroatoms. The van der Waals surface area contributed by atoms with Crippen LogP contribution in [0.15, 0.2) is 59.1 Å². The van der Waals surface area contributed by atoms with E-state index in [0.717, 1.165) is 22.9 Å². The molecule has 0 bridgehead atoms. The van der Waals surface area contributed by atoms with Crippen molar-refractivity contribution in [1.82, 2.24) is 0 Å². The molecule has 1 heterocycles. The maximum Gasteiger partial charge on any atom is 0.351 e. The highest BCUT2D eigenvalue weighted by Crippen LogP contribution is 2.42. The molecule has 0 radical (unpaired) electrons. The quantitative estimate of drug-likeness (QED) is 0.421. The van der Waals surface area contributed by atoms with Crippen LogP contribution in [0.1, 0.15) is 18.1 Å². The fraction of sp³-hybridized carbons (Fsp3) is 0.227. The fourth-order valence-corrected chi connectivity index (χ4v) is 4.24. The number of esters is 1. The average molecular weight is 410 g/mol. The van der Waals surface area contributed by atoms with Crippen LogP contribution in [0.25, 0.3) is 0 Å². The first-order valence-corrected chi connectivity index (χ1v) is 9.95. The SMILES string of the molecule is CCOC(=O)/C(C#N)=C1\S[C@@H](Cc2ccc(F)cc2)C(=O)N1c1ccc(C)cc1. The molecule has 0 spiro atoms. The largest absolute Gasteiger partial charge is 0.462 e. The van der Waals surface area contributed by atoms with Crippen LogP contribution in [0.2, 0.25) is 0 Å². The van der Waals surface area contributed by atoms with E-state index >= 15 is 0 Å². The van der Waals surface area contributed by atoms with Crippen LogP contribution in [-0.4, -0.2) is 23.7 Å². The lowest BCUT2D eigenvalue weighted by atomic mass is 10.1. The van der Waals surface area contributed by atoms with Gasteiger partial charge in [-0.1, -0.05) is 41.6 Å². The minimum absolute atomic E-state index is 0.124. The van der Waals surface area contributed by atoms with Gasteiger partial charge in [0.25, 0.3) is 0 Å². The molecule has 1 amide bonds. The second kappa shape index (κ2) is 8.93. The molecule has 0 saturated carbocycles. The predicted molar refractivity (Wildman–Crippen MR) is 109 cm³/mol. The van der Waals surface area contributed by atoms with Gasteiger partial charge in [-0.15, -0.1) is 0 Å². The molecule has 2 aromatic rings. The summed E-state index contributed by atoms with van der Waals surface area (Å²) in [5.74, 6) is -1.35. The number of benzene rings is 2. The zero-order chi connectivity index (χ0) is 21.0. The molecular formula is C22H19FN2O3S. The Morgan fingerprint density at radius 2 is 1.86 bits per heavy atom. The Hall–Kier alpha value is -3.11. The summed E-state index contributed by atoms with van der Waals surface area (Å²) in [4.78, 5) is 26.9. The molecule has 0 unspecified atom stereocenters. The number of rotatable bonds is 5. The van der Waals surface area contributed by atoms with Crippen molar-refractivity contribution in [2.45, 2.75) is 25.5 Å². The lowest BCUT2D eigenvalue weighted by molar-refractivity contribution is -0.138. The van der Waals surface area contributed by atoms with Crippen molar-refractivity contribution < 1.29 is 18.7 Å². The number of carbonyl (C=O) groups is 2. The molecule has 0 N–H and O–H groups in total. The molecule has 1 fully saturated rings. The maximum atomic E-state index is 13.2. The third-order valence-electron chi connectivity index (χ3n) is 4.38. The first-order valence-electron chi connectivity index (χ1n) is 9.07. The van der Waals surface area contributed by atoms with Gasteiger partial charge in [-0.05, 0) is 50.1 Å². The third-order valence-corrected chi connectivity index (χ3v) is 5.65. The van der Waals surface area contributed by atoms with Gasteiger partial charge in [0, 0.05) is 5.69 Å². The van der Waals surface area contributed by atoms with Gasteiger partial charge >= 0.3 is 5.97 Å². The number of thioether (sulfide) groups is 1. The number of hydrogen-bond acceptors (Lipinski definition) is 5. The number of amides is 1. The first kappa shape index (κ1) is 20.6. The van der Waals surface area contributed by atoms with E-state index in [1.165, 1.54) is 17.0 Å². The maximum absolute atomic E-state index is 13.2. The highest BCUT2D eigenvalue weighted by Gasteiger charge is 2.41. The van der Waals surface area contributed by atoms with Gasteiger partial charge in [-0.3, -0.25) is 9.69 Å². The van der Waals surface area contributed by atoms with E-state index in [9.17, 15) is 19.2 Å². The number of halogens is 1. The van der Waals surface area contributed by atoms with Crippen LogP contribution in [0, 0.1) is 24.1 Å². The van der Waals surface area contributed by atoms with Crippen LogP contribution in [0.5, 0.6) is 0 Å². The Bertz CT molecular complexity index is 994. The number of nitrogens with zero attached hydrogens (tertiary/aromatic N) is 2. The summed E-state index contributed by atoms with van der Waals surface area (Å²) in [5.41, 5.74) is 2.18. The minimum Gasteiger partial charge on any atom is -0.462 e. The molecule has 1 aliphatic heterocycles. The molecule has 1 aliphatic rings. The molecule has 5 nitrogen and oxygen atoms in total. The average Bonchev–Trinajstić information content (AvgIpc) is 3.01. The van der Waals surface area contributed by atoms with Crippen LogP contribution in [-0.2, 0) is 20.7 Å². The molecular weight excluding hydrogens is 391 g/mol. The van der Waals surface area contributed by atoms with E-state index in [0.29, 0.717) is 12.1 Å². The third kappa shape index (κ3) is 4.49. The Labute approximate surface area is 172 Å². The van der Waals surface area contributed by atoms with Gasteiger partial charge < -0.3 is 4.74 Å². The summed E-state index contributed by atoms with van der Waals surface area (Å²) in [6, 6.07) is 15.1. The van der Waals surface area contributed by atoms with Crippen LogP contribution in [0.3, 0.4) is 0 Å². The van der Waals surface area contributed by atoms with Crippen molar-refractivity contribution in [3.8, 4) is 6.07 Å². The highest BCUT2D eigenvalue weighted by atomic mass is 32.2. The van der Waals surface area contributed by atoms with Crippen molar-refractivity contribution in [2.75, 3.05) is 11.5 Å². The van der Waals surface area contributed by atoms with E-state index < -0.39 is 11.2 Å². The Balaban J connectivity index is 2.02. The van der Waals surface area contributed by atoms with Gasteiger partial charge in [0.05, 0.1) is 11.9 Å². The first-order chi connectivity index (χ1) is 13.9. The second-order valence-corrected chi connectivity index (χ2v) is 7.65. The van der Waals surface area contributed by atoms with Gasteiger partial charge in [0.2, 0.25) is 5.91 Å². The van der Waals surface area contributed by atoms with Crippen molar-refractivity contribution in [1.29, 1.82) is 5.26 Å². The molecule has 148 valence electrons. The molecule has 0 aromatic heterocycles. The Kier molecular flexibility index (Phi) is 6.35. The number of carbonyl (C=O) groups excluding carboxylic acids is 2. The number of hydrogen-bond donors (Lipinski definition) is 0. The molecule has 3 rings (SSSR count). The van der Waals surface area contributed by atoms with Crippen LogP contribution >= 0.6 is 11.8 Å². The normalized spacial score (nSPS) is 17.8. The van der Waals surface area contributed by atoms with Gasteiger partial charge in [0.1, 0.15) is 16.9 Å². The van der Waals surface area contributed by atoms with Crippen molar-refractivity contribution >= 4 is 29.3 Å². The second-order valence-electron chi connectivity index (χ2n) is 6.46. The standard InChI is InChI=1S/C22H19FN2O3S/c1-3-28-22(27)18(13-24)21-25(17-10-4-14(2)5-11-17)20(26)19(29-21)12-15-6-8-16(23)9-7-15/h4-11,19H,3,12H2,1-2H3/b21-18-/t19-/m0/s1. The van der Waals surface area contributed by atoms with Gasteiger partial charge in [-0.2, -0.15) is 5.26 Å². The van der Waals surface area contributed by atoms with Gasteiger partial charge in [-0.25, -0.2) is 9.18 Å². The summed E-state index contributed by atoms with van der Waals surface area (Å²) in [6.07, 6.45) is 0.344. The van der Waals surface area contributed by atoms with E-state index in [1.807, 2.05) is 25.1 Å². The summed E-state index contributed by atoms with van der Waals surface area (Å²) in [6.45, 7) is 3.71. The number of nitriles is 1. The van der Waals surface area contributed by atoms with Gasteiger partial charge in [0.15, 0.2) is 5.57 Å². The summed E-state index contributed by atoms with van der Waals surface area (Å²) >= 11 is 1.15. The molecule has 2 aromatic carbocycles. The van der Waals surface area contributed by atoms with Crippen LogP contribution < -0.4 is 4.90 Å². The lowest BCUT2D eigenvalue weighted by Crippen LogP contribution is -2.30. The Morgan fingerprint density at radius 3 is 2.45 bits per heavy atom. The lowest BCUT2D eigenvalue weighted by Gasteiger charge is -2.18. The Morgan fingerprint density at radius 1 is 1.21 bits per heavy atom. The monoisotopic (exact) mass is 410 g/mol. The molecule has 1 atom stereocenters. The van der Waals surface area contributed by atoms with Crippen molar-refractivity contribution in [2.24, 2.45) is 0 Å². The zero-order valence-electron chi connectivity index (χ0n) is 16.0. The number of aryl methyl sites for hydroxylation is 1.